The summed E-state index contributed by atoms with van der Waals surface area (Å²) in [6.07, 6.45) is 5.97. The first-order valence-electron chi connectivity index (χ1n) is 16.0. The van der Waals surface area contributed by atoms with Gasteiger partial charge in [-0.15, -0.1) is 0 Å². The number of halogens is 1. The first kappa shape index (κ1) is 31.0. The molecule has 8 nitrogen and oxygen atoms in total. The van der Waals surface area contributed by atoms with Crippen molar-refractivity contribution in [3.05, 3.63) is 89.3 Å². The highest BCUT2D eigenvalue weighted by Gasteiger charge is 2.76. The third-order valence-corrected chi connectivity index (χ3v) is 11.8. The zero-order valence-electron chi connectivity index (χ0n) is 26.1. The molecule has 0 bridgehead atoms. The number of aliphatic hydroxyl groups is 2. The van der Waals surface area contributed by atoms with Crippen LogP contribution in [0.2, 0.25) is 0 Å². The summed E-state index contributed by atoms with van der Waals surface area (Å²) < 4.78 is 35.3. The van der Waals surface area contributed by atoms with Gasteiger partial charge in [0.1, 0.15) is 13.2 Å². The molecule has 9 heteroatoms. The fourth-order valence-corrected chi connectivity index (χ4v) is 9.78. The maximum Gasteiger partial charge on any atom is 0.193 e. The van der Waals surface area contributed by atoms with E-state index in [2.05, 4.69) is 13.5 Å². The summed E-state index contributed by atoms with van der Waals surface area (Å²) in [6, 6.07) is 10.3. The molecule has 0 radical (unpaired) electrons. The van der Waals surface area contributed by atoms with Crippen LogP contribution in [0.4, 0.5) is 10.1 Å². The lowest BCUT2D eigenvalue weighted by Gasteiger charge is -2.59. The Morgan fingerprint density at radius 3 is 2.80 bits per heavy atom. The highest BCUT2D eigenvalue weighted by molar-refractivity contribution is 6.01. The highest BCUT2D eigenvalue weighted by atomic mass is 19.1. The molecule has 3 saturated carbocycles. The number of anilines is 1. The lowest BCUT2D eigenvalue weighted by atomic mass is 9.46. The van der Waals surface area contributed by atoms with Crippen LogP contribution in [0.15, 0.2) is 66.8 Å². The molecule has 0 spiro atoms. The average Bonchev–Trinajstić information content (AvgIpc) is 3.52. The molecule has 2 aromatic rings. The van der Waals surface area contributed by atoms with Crippen molar-refractivity contribution in [2.24, 2.45) is 28.6 Å². The second-order valence-electron chi connectivity index (χ2n) is 14.0. The standard InChI is InChI=1S/C37H40FNO7/c1-4-21-8-11-28(44-19-20-6-5-7-23(39)14-20)33(38)31(21)34-45-30-16-26-25-10-9-22-15-24(41)12-13-35(22,2)32(25)27(42)17-36(26,3)37(30,46-34)29(43)18-40/h4-8,11-15,25-27,30,32,34,40,42H,1,9-10,16-19,39H2,2-3H3/t25-,26-,27-,30+,32+,34-,35-,36-,37+/m0/s1. The summed E-state index contributed by atoms with van der Waals surface area (Å²) in [6.45, 7) is 7.18. The van der Waals surface area contributed by atoms with Crippen LogP contribution in [0, 0.1) is 34.4 Å². The number of aliphatic hydroxyl groups excluding tert-OH is 2. The van der Waals surface area contributed by atoms with Crippen molar-refractivity contribution in [3.63, 3.8) is 0 Å². The molecule has 46 heavy (non-hydrogen) atoms. The molecule has 1 aliphatic heterocycles. The fourth-order valence-electron chi connectivity index (χ4n) is 9.78. The number of hydrogen-bond donors (Lipinski definition) is 3. The Hall–Kier alpha value is -3.63. The van der Waals surface area contributed by atoms with Gasteiger partial charge in [0.05, 0.1) is 17.8 Å². The lowest BCUT2D eigenvalue weighted by Crippen LogP contribution is -2.63. The van der Waals surface area contributed by atoms with Crippen LogP contribution in [0.3, 0.4) is 0 Å². The van der Waals surface area contributed by atoms with Gasteiger partial charge in [0.25, 0.3) is 0 Å². The number of ketones is 2. The number of rotatable bonds is 7. The van der Waals surface area contributed by atoms with Crippen LogP contribution < -0.4 is 10.5 Å². The van der Waals surface area contributed by atoms with Gasteiger partial charge in [-0.2, -0.15) is 0 Å². The molecule has 4 fully saturated rings. The number of nitrogen functional groups attached to an aromatic ring is 1. The molecule has 7 rings (SSSR count). The minimum atomic E-state index is -1.61. The summed E-state index contributed by atoms with van der Waals surface area (Å²) in [7, 11) is 0. The van der Waals surface area contributed by atoms with Crippen LogP contribution in [0.1, 0.15) is 62.5 Å². The van der Waals surface area contributed by atoms with Crippen molar-refractivity contribution >= 4 is 23.3 Å². The number of carbonyl (C=O) groups excluding carboxylic acids is 2. The van der Waals surface area contributed by atoms with Crippen molar-refractivity contribution in [2.75, 3.05) is 12.3 Å². The summed E-state index contributed by atoms with van der Waals surface area (Å²) >= 11 is 0. The second kappa shape index (κ2) is 11.0. The Kier molecular flexibility index (Phi) is 7.40. The van der Waals surface area contributed by atoms with E-state index >= 15 is 4.39 Å². The fraction of sp³-hybridized carbons (Fsp3) is 0.459. The molecule has 1 saturated heterocycles. The number of benzene rings is 2. The molecular weight excluding hydrogens is 589 g/mol. The van der Waals surface area contributed by atoms with Gasteiger partial charge in [-0.25, -0.2) is 4.39 Å². The topological polar surface area (TPSA) is 128 Å². The van der Waals surface area contributed by atoms with Gasteiger partial charge in [-0.05, 0) is 79.0 Å². The molecule has 0 aromatic heterocycles. The van der Waals surface area contributed by atoms with Gasteiger partial charge in [0.15, 0.2) is 35.0 Å². The van der Waals surface area contributed by atoms with E-state index in [0.29, 0.717) is 24.1 Å². The Morgan fingerprint density at radius 2 is 2.07 bits per heavy atom. The van der Waals surface area contributed by atoms with Crippen LogP contribution >= 0.6 is 0 Å². The van der Waals surface area contributed by atoms with E-state index < -0.39 is 53.1 Å². The third kappa shape index (κ3) is 4.32. The van der Waals surface area contributed by atoms with Gasteiger partial charge < -0.3 is 30.2 Å². The normalized spacial score (nSPS) is 37.5. The average molecular weight is 630 g/mol. The molecule has 0 unspecified atom stereocenters. The van der Waals surface area contributed by atoms with Crippen LogP contribution in [0.5, 0.6) is 5.75 Å². The van der Waals surface area contributed by atoms with Crippen molar-refractivity contribution < 1.29 is 38.4 Å². The largest absolute Gasteiger partial charge is 0.486 e. The van der Waals surface area contributed by atoms with Crippen molar-refractivity contribution in [2.45, 2.75) is 70.2 Å². The van der Waals surface area contributed by atoms with Crippen molar-refractivity contribution in [1.82, 2.24) is 0 Å². The van der Waals surface area contributed by atoms with Gasteiger partial charge in [-0.3, -0.25) is 9.59 Å². The molecule has 1 heterocycles. The molecular formula is C37H40FNO7. The monoisotopic (exact) mass is 629 g/mol. The number of fused-ring (bicyclic) bond motifs is 7. The number of ether oxygens (including phenoxy) is 3. The maximum absolute atomic E-state index is 16.3. The van der Waals surface area contributed by atoms with Crippen molar-refractivity contribution in [3.8, 4) is 5.75 Å². The predicted octanol–water partition coefficient (Wildman–Crippen LogP) is 5.23. The van der Waals surface area contributed by atoms with Crippen LogP contribution in [-0.2, 0) is 25.7 Å². The Labute approximate surface area is 267 Å². The summed E-state index contributed by atoms with van der Waals surface area (Å²) in [5.74, 6) is -1.53. The van der Waals surface area contributed by atoms with E-state index in [1.165, 1.54) is 12.1 Å². The number of hydrogen-bond acceptors (Lipinski definition) is 8. The number of allylic oxidation sites excluding steroid dienone is 4. The maximum atomic E-state index is 16.3. The van der Waals surface area contributed by atoms with Gasteiger partial charge in [-0.1, -0.05) is 56.4 Å². The number of nitrogens with two attached hydrogens (primary N) is 1. The van der Waals surface area contributed by atoms with Crippen LogP contribution in [-0.4, -0.2) is 46.2 Å². The summed E-state index contributed by atoms with van der Waals surface area (Å²) in [5.41, 5.74) is 5.73. The van der Waals surface area contributed by atoms with E-state index in [0.717, 1.165) is 17.6 Å². The van der Waals surface area contributed by atoms with E-state index in [-0.39, 0.29) is 47.9 Å². The molecule has 9 atom stereocenters. The van der Waals surface area contributed by atoms with Gasteiger partial charge in [0, 0.05) is 22.4 Å². The number of Topliss-reactive ketones (excluding diaryl/α,β-unsaturated/α-hetero) is 1. The lowest BCUT2D eigenvalue weighted by molar-refractivity contribution is -0.201. The molecule has 242 valence electrons. The number of carbonyl (C=O) groups is 2. The van der Waals surface area contributed by atoms with E-state index in [4.69, 9.17) is 19.9 Å². The van der Waals surface area contributed by atoms with Crippen LogP contribution in [0.25, 0.3) is 6.08 Å². The Balaban J connectivity index is 1.23. The zero-order valence-corrected chi connectivity index (χ0v) is 26.1. The third-order valence-electron chi connectivity index (χ3n) is 11.8. The predicted molar refractivity (Wildman–Crippen MR) is 169 cm³/mol. The second-order valence-corrected chi connectivity index (χ2v) is 14.0. The highest BCUT2D eigenvalue weighted by Crippen LogP contribution is 2.70. The first-order chi connectivity index (χ1) is 22.0. The first-order valence-corrected chi connectivity index (χ1v) is 16.0. The summed E-state index contributed by atoms with van der Waals surface area (Å²) in [4.78, 5) is 26.1. The molecule has 4 aliphatic carbocycles. The van der Waals surface area contributed by atoms with E-state index in [9.17, 15) is 19.8 Å². The summed E-state index contributed by atoms with van der Waals surface area (Å²) in [5, 5.41) is 22.2. The Morgan fingerprint density at radius 1 is 1.26 bits per heavy atom. The SMILES string of the molecule is C=Cc1ccc(OCc2cccc(N)c2)c(F)c1[C@H]1O[C@@H]2C[C@H]3[C@@H]4CCC5=CC(=O)C=C[C@]5(C)[C@H]4[C@@H](O)C[C@]3(C)[C@]2(C(=O)CO)O1. The van der Waals surface area contributed by atoms with Gasteiger partial charge >= 0.3 is 0 Å². The molecule has 5 aliphatic rings. The molecule has 0 amide bonds. The van der Waals surface area contributed by atoms with E-state index in [1.807, 2.05) is 19.1 Å². The minimum absolute atomic E-state index is 0.0117. The quantitative estimate of drug-likeness (QED) is 0.355. The van der Waals surface area contributed by atoms with E-state index in [1.54, 1.807) is 36.4 Å². The minimum Gasteiger partial charge on any atom is -0.486 e. The smallest absolute Gasteiger partial charge is 0.193 e. The van der Waals surface area contributed by atoms with Crippen molar-refractivity contribution in [1.29, 1.82) is 0 Å². The molecule has 2 aromatic carbocycles. The zero-order chi connectivity index (χ0) is 32.6. The Bertz CT molecular complexity index is 1690. The van der Waals surface area contributed by atoms with Gasteiger partial charge in [0.2, 0.25) is 0 Å². The molecule has 4 N–H and O–H groups in total.